The maximum absolute atomic E-state index is 12.4. The molecule has 5 nitrogen and oxygen atoms in total. The van der Waals surface area contributed by atoms with Crippen molar-refractivity contribution in [1.29, 1.82) is 0 Å². The van der Waals surface area contributed by atoms with Gasteiger partial charge < -0.3 is 16.0 Å². The Morgan fingerprint density at radius 3 is 2.53 bits per heavy atom. The summed E-state index contributed by atoms with van der Waals surface area (Å²) in [5.41, 5.74) is 6.09. The Hall–Kier alpha value is -1.10. The van der Waals surface area contributed by atoms with Crippen molar-refractivity contribution in [3.63, 3.8) is 0 Å². The first-order chi connectivity index (χ1) is 9.08. The molecule has 0 spiro atoms. The van der Waals surface area contributed by atoms with E-state index in [-0.39, 0.29) is 30.3 Å². The Balaban J connectivity index is 1.83. The Kier molecular flexibility index (Phi) is 4.80. The van der Waals surface area contributed by atoms with E-state index in [0.717, 1.165) is 44.9 Å². The van der Waals surface area contributed by atoms with E-state index < -0.39 is 0 Å². The highest BCUT2D eigenvalue weighted by atomic mass is 16.2. The number of nitrogens with one attached hydrogen (secondary N) is 1. The summed E-state index contributed by atoms with van der Waals surface area (Å²) in [5, 5.41) is 2.90. The molecule has 2 unspecified atom stereocenters. The van der Waals surface area contributed by atoms with Crippen molar-refractivity contribution >= 4 is 11.8 Å². The van der Waals surface area contributed by atoms with Crippen LogP contribution in [0.15, 0.2) is 0 Å². The van der Waals surface area contributed by atoms with E-state index in [2.05, 4.69) is 5.32 Å². The first-order valence-electron chi connectivity index (χ1n) is 7.38. The first kappa shape index (κ1) is 14.3. The van der Waals surface area contributed by atoms with Crippen LogP contribution in [0.3, 0.4) is 0 Å². The summed E-state index contributed by atoms with van der Waals surface area (Å²) < 4.78 is 0. The number of nitrogens with zero attached hydrogens (tertiary/aromatic N) is 1. The molecule has 0 radical (unpaired) electrons. The van der Waals surface area contributed by atoms with Crippen LogP contribution in [0.2, 0.25) is 0 Å². The van der Waals surface area contributed by atoms with E-state index in [1.54, 1.807) is 7.05 Å². The van der Waals surface area contributed by atoms with Gasteiger partial charge in [-0.25, -0.2) is 0 Å². The average molecular weight is 267 g/mol. The summed E-state index contributed by atoms with van der Waals surface area (Å²) in [6, 6.07) is 0.292. The molecule has 0 saturated heterocycles. The molecule has 2 fully saturated rings. The highest BCUT2D eigenvalue weighted by Gasteiger charge is 2.30. The molecule has 0 bridgehead atoms. The molecule has 2 rings (SSSR count). The first-order valence-corrected chi connectivity index (χ1v) is 7.38. The Morgan fingerprint density at radius 2 is 1.84 bits per heavy atom. The van der Waals surface area contributed by atoms with Gasteiger partial charge in [0.25, 0.3) is 0 Å². The van der Waals surface area contributed by atoms with Crippen LogP contribution in [0.5, 0.6) is 0 Å². The molecule has 108 valence electrons. The third kappa shape index (κ3) is 4.20. The zero-order valence-corrected chi connectivity index (χ0v) is 11.7. The van der Waals surface area contributed by atoms with Gasteiger partial charge in [0.1, 0.15) is 0 Å². The minimum atomic E-state index is -0.110. The molecular formula is C14H25N3O2. The fourth-order valence-electron chi connectivity index (χ4n) is 2.72. The number of nitrogens with two attached hydrogens (primary N) is 1. The fourth-order valence-corrected chi connectivity index (χ4v) is 2.72. The molecule has 2 aliphatic carbocycles. The van der Waals surface area contributed by atoms with Crippen molar-refractivity contribution in [2.75, 3.05) is 13.6 Å². The zero-order chi connectivity index (χ0) is 13.8. The van der Waals surface area contributed by atoms with Crippen LogP contribution >= 0.6 is 0 Å². The molecule has 0 aromatic rings. The Morgan fingerprint density at radius 1 is 1.16 bits per heavy atom. The van der Waals surface area contributed by atoms with Gasteiger partial charge in [-0.05, 0) is 25.7 Å². The van der Waals surface area contributed by atoms with Crippen LogP contribution in [0, 0.1) is 5.92 Å². The van der Waals surface area contributed by atoms with Crippen LogP contribution < -0.4 is 11.1 Å². The smallest absolute Gasteiger partial charge is 0.239 e. The Bertz CT molecular complexity index is 342. The van der Waals surface area contributed by atoms with E-state index in [1.807, 2.05) is 0 Å². The summed E-state index contributed by atoms with van der Waals surface area (Å²) in [4.78, 5) is 25.6. The van der Waals surface area contributed by atoms with Gasteiger partial charge in [-0.2, -0.15) is 0 Å². The molecule has 2 aliphatic rings. The molecular weight excluding hydrogens is 242 g/mol. The third-order valence-electron chi connectivity index (χ3n) is 4.09. The number of amides is 2. The van der Waals surface area contributed by atoms with Crippen LogP contribution in [-0.4, -0.2) is 42.4 Å². The summed E-state index contributed by atoms with van der Waals surface area (Å²) >= 11 is 0. The lowest BCUT2D eigenvalue weighted by Gasteiger charge is -2.26. The van der Waals surface area contributed by atoms with Crippen molar-refractivity contribution in [3.8, 4) is 0 Å². The highest BCUT2D eigenvalue weighted by Crippen LogP contribution is 2.24. The van der Waals surface area contributed by atoms with Crippen molar-refractivity contribution in [1.82, 2.24) is 10.2 Å². The van der Waals surface area contributed by atoms with Crippen molar-refractivity contribution < 1.29 is 9.59 Å². The monoisotopic (exact) mass is 267 g/mol. The number of likely N-dealkylation sites (N-methyl/N-ethyl adjacent to an activating group) is 1. The molecule has 0 aliphatic heterocycles. The zero-order valence-electron chi connectivity index (χ0n) is 11.7. The second-order valence-electron chi connectivity index (χ2n) is 5.94. The van der Waals surface area contributed by atoms with Gasteiger partial charge in [0, 0.05) is 19.1 Å². The second kappa shape index (κ2) is 6.37. The fraction of sp³-hybridized carbons (Fsp3) is 0.857. The predicted molar refractivity (Wildman–Crippen MR) is 73.4 cm³/mol. The van der Waals surface area contributed by atoms with Gasteiger partial charge >= 0.3 is 0 Å². The highest BCUT2D eigenvalue weighted by molar-refractivity contribution is 5.86. The quantitative estimate of drug-likeness (QED) is 0.734. The van der Waals surface area contributed by atoms with E-state index in [4.69, 9.17) is 5.73 Å². The number of hydrogen-bond acceptors (Lipinski definition) is 3. The van der Waals surface area contributed by atoms with Gasteiger partial charge in [0.05, 0.1) is 12.5 Å². The van der Waals surface area contributed by atoms with Crippen LogP contribution in [0.25, 0.3) is 0 Å². The van der Waals surface area contributed by atoms with Crippen LogP contribution in [-0.2, 0) is 9.59 Å². The maximum Gasteiger partial charge on any atom is 0.239 e. The number of hydrogen-bond donors (Lipinski definition) is 2. The van der Waals surface area contributed by atoms with E-state index >= 15 is 0 Å². The molecule has 19 heavy (non-hydrogen) atoms. The second-order valence-corrected chi connectivity index (χ2v) is 5.94. The number of rotatable bonds is 4. The Labute approximate surface area is 114 Å². The van der Waals surface area contributed by atoms with E-state index in [9.17, 15) is 9.59 Å². The normalized spacial score (nSPS) is 27.5. The minimum absolute atomic E-state index is 0.0281. The number of carbonyl (C=O) groups is 2. The molecule has 5 heteroatoms. The third-order valence-corrected chi connectivity index (χ3v) is 4.09. The summed E-state index contributed by atoms with van der Waals surface area (Å²) in [7, 11) is 1.70. The van der Waals surface area contributed by atoms with Gasteiger partial charge in [-0.1, -0.05) is 19.3 Å². The largest absolute Gasteiger partial charge is 0.352 e. The average Bonchev–Trinajstić information content (AvgIpc) is 3.16. The SMILES string of the molecule is CN(CC(=O)NC1CC1)C(=O)C1CCCCCC1N. The van der Waals surface area contributed by atoms with E-state index in [0.29, 0.717) is 6.04 Å². The lowest BCUT2D eigenvalue weighted by Crippen LogP contribution is -2.46. The van der Waals surface area contributed by atoms with Gasteiger partial charge in [0.2, 0.25) is 11.8 Å². The summed E-state index contributed by atoms with van der Waals surface area (Å²) in [5.74, 6) is -0.137. The molecule has 0 aromatic carbocycles. The standard InChI is InChI=1S/C14H25N3O2/c1-17(9-13(18)16-10-7-8-10)14(19)11-5-3-2-4-6-12(11)15/h10-12H,2-9,15H2,1H3,(H,16,18). The molecule has 2 saturated carbocycles. The van der Waals surface area contributed by atoms with Gasteiger partial charge in [0.15, 0.2) is 0 Å². The lowest BCUT2D eigenvalue weighted by atomic mass is 9.94. The predicted octanol–water partition coefficient (Wildman–Crippen LogP) is 0.631. The minimum Gasteiger partial charge on any atom is -0.352 e. The van der Waals surface area contributed by atoms with Gasteiger partial charge in [-0.3, -0.25) is 9.59 Å². The summed E-state index contributed by atoms with van der Waals surface area (Å²) in [6.45, 7) is 0.151. The lowest BCUT2D eigenvalue weighted by molar-refractivity contribution is -0.138. The molecule has 2 amide bonds. The number of carbonyl (C=O) groups excluding carboxylic acids is 2. The molecule has 3 N–H and O–H groups in total. The maximum atomic E-state index is 12.4. The van der Waals surface area contributed by atoms with Crippen molar-refractivity contribution in [3.05, 3.63) is 0 Å². The van der Waals surface area contributed by atoms with E-state index in [1.165, 1.54) is 4.90 Å². The van der Waals surface area contributed by atoms with Crippen molar-refractivity contribution in [2.45, 2.75) is 57.0 Å². The molecule has 2 atom stereocenters. The molecule has 0 aromatic heterocycles. The van der Waals surface area contributed by atoms with Gasteiger partial charge in [-0.15, -0.1) is 0 Å². The molecule has 0 heterocycles. The summed E-state index contributed by atoms with van der Waals surface area (Å²) in [6.07, 6.45) is 7.23. The topological polar surface area (TPSA) is 75.4 Å². The van der Waals surface area contributed by atoms with Crippen LogP contribution in [0.4, 0.5) is 0 Å². The van der Waals surface area contributed by atoms with Crippen LogP contribution in [0.1, 0.15) is 44.9 Å². The van der Waals surface area contributed by atoms with Crippen molar-refractivity contribution in [2.24, 2.45) is 11.7 Å².